The fourth-order valence-corrected chi connectivity index (χ4v) is 4.17. The minimum atomic E-state index is -1.08. The average Bonchev–Trinajstić information content (AvgIpc) is 2.86. The van der Waals surface area contributed by atoms with Gasteiger partial charge in [-0.15, -0.1) is 0 Å². The maximum Gasteiger partial charge on any atom is 0.325 e. The molecule has 3 aromatic carbocycles. The van der Waals surface area contributed by atoms with Crippen LogP contribution in [-0.2, 0) is 16.9 Å². The molecule has 1 N–H and O–H groups in total. The maximum absolute atomic E-state index is 13.2. The molecule has 3 amide bonds. The zero-order valence-electron chi connectivity index (χ0n) is 14.2. The number of hydrogen-bond acceptors (Lipinski definition) is 2. The normalized spacial score (nSPS) is 19.8. The van der Waals surface area contributed by atoms with Crippen LogP contribution in [0.1, 0.15) is 18.1 Å². The lowest BCUT2D eigenvalue weighted by atomic mass is 9.92. The highest BCUT2D eigenvalue weighted by molar-refractivity contribution is 9.10. The topological polar surface area (TPSA) is 49.4 Å². The van der Waals surface area contributed by atoms with E-state index in [9.17, 15) is 9.59 Å². The molecular weight excluding hydrogens is 392 g/mol. The van der Waals surface area contributed by atoms with Gasteiger partial charge in [-0.25, -0.2) is 4.79 Å². The van der Waals surface area contributed by atoms with Crippen LogP contribution in [0.2, 0.25) is 0 Å². The van der Waals surface area contributed by atoms with E-state index in [1.807, 2.05) is 66.7 Å². The molecule has 4 nitrogen and oxygen atoms in total. The van der Waals surface area contributed by atoms with Gasteiger partial charge in [-0.3, -0.25) is 9.69 Å². The first kappa shape index (κ1) is 16.8. The van der Waals surface area contributed by atoms with Gasteiger partial charge in [0.25, 0.3) is 5.91 Å². The number of fused-ring (bicyclic) bond motifs is 1. The quantitative estimate of drug-likeness (QED) is 0.645. The molecular formula is C21H17BrN2O2. The third kappa shape index (κ3) is 2.59. The molecule has 130 valence electrons. The van der Waals surface area contributed by atoms with E-state index in [0.29, 0.717) is 0 Å². The molecule has 1 unspecified atom stereocenters. The lowest BCUT2D eigenvalue weighted by molar-refractivity contribution is -0.131. The van der Waals surface area contributed by atoms with Gasteiger partial charge in [0, 0.05) is 10.0 Å². The summed E-state index contributed by atoms with van der Waals surface area (Å²) in [5.74, 6) is -0.248. The Morgan fingerprint density at radius 1 is 0.962 bits per heavy atom. The van der Waals surface area contributed by atoms with Crippen molar-refractivity contribution < 1.29 is 9.59 Å². The first-order chi connectivity index (χ1) is 12.5. The Bertz CT molecular complexity index is 1030. The van der Waals surface area contributed by atoms with Crippen LogP contribution >= 0.6 is 15.9 Å². The number of nitrogens with zero attached hydrogens (tertiary/aromatic N) is 1. The van der Waals surface area contributed by atoms with Gasteiger partial charge < -0.3 is 5.32 Å². The van der Waals surface area contributed by atoms with Crippen LogP contribution in [0.15, 0.2) is 71.2 Å². The second-order valence-corrected chi connectivity index (χ2v) is 7.42. The number of carbonyl (C=O) groups is 2. The van der Waals surface area contributed by atoms with Crippen molar-refractivity contribution in [2.24, 2.45) is 0 Å². The van der Waals surface area contributed by atoms with Gasteiger partial charge in [0.1, 0.15) is 5.54 Å². The van der Waals surface area contributed by atoms with Gasteiger partial charge in [-0.05, 0) is 29.3 Å². The van der Waals surface area contributed by atoms with Crippen molar-refractivity contribution in [2.45, 2.75) is 19.0 Å². The Hall–Kier alpha value is -2.66. The number of nitrogens with one attached hydrogen (secondary N) is 1. The van der Waals surface area contributed by atoms with Crippen LogP contribution in [0, 0.1) is 0 Å². The highest BCUT2D eigenvalue weighted by Crippen LogP contribution is 2.34. The number of rotatable bonds is 3. The second kappa shape index (κ2) is 6.25. The third-order valence-corrected chi connectivity index (χ3v) is 5.59. The summed E-state index contributed by atoms with van der Waals surface area (Å²) in [5, 5.41) is 5.00. The van der Waals surface area contributed by atoms with Gasteiger partial charge in [0.15, 0.2) is 0 Å². The van der Waals surface area contributed by atoms with Gasteiger partial charge in [-0.2, -0.15) is 0 Å². The van der Waals surface area contributed by atoms with E-state index in [1.165, 1.54) is 4.90 Å². The molecule has 3 aromatic rings. The van der Waals surface area contributed by atoms with Crippen molar-refractivity contribution in [3.05, 3.63) is 82.3 Å². The smallest absolute Gasteiger partial charge is 0.319 e. The van der Waals surface area contributed by atoms with Gasteiger partial charge in [-0.1, -0.05) is 76.6 Å². The zero-order chi connectivity index (χ0) is 18.3. The van der Waals surface area contributed by atoms with E-state index in [4.69, 9.17) is 0 Å². The first-order valence-corrected chi connectivity index (χ1v) is 9.16. The van der Waals surface area contributed by atoms with Crippen molar-refractivity contribution in [2.75, 3.05) is 0 Å². The Kier molecular flexibility index (Phi) is 4.04. The molecule has 1 saturated heterocycles. The van der Waals surface area contributed by atoms with E-state index < -0.39 is 5.54 Å². The third-order valence-electron chi connectivity index (χ3n) is 4.90. The molecule has 4 rings (SSSR count). The van der Waals surface area contributed by atoms with E-state index in [-0.39, 0.29) is 18.5 Å². The SMILES string of the molecule is CC1(c2ccccc2Br)NC(=O)N(Cc2cccc3ccccc23)C1=O. The molecule has 0 bridgehead atoms. The molecule has 0 aliphatic carbocycles. The van der Waals surface area contributed by atoms with Crippen LogP contribution in [0.3, 0.4) is 0 Å². The number of imide groups is 1. The predicted octanol–water partition coefficient (Wildman–Crippen LogP) is 4.57. The standard InChI is InChI=1S/C21H17BrN2O2/c1-21(17-11-4-5-12-18(17)22)19(25)24(20(26)23-21)13-15-9-6-8-14-7-2-3-10-16(14)15/h2-12H,13H2,1H3,(H,23,26). The van der Waals surface area contributed by atoms with Gasteiger partial charge in [0.05, 0.1) is 6.54 Å². The van der Waals surface area contributed by atoms with Crippen LogP contribution < -0.4 is 5.32 Å². The van der Waals surface area contributed by atoms with E-state index in [2.05, 4.69) is 21.2 Å². The molecule has 0 radical (unpaired) electrons. The largest absolute Gasteiger partial charge is 0.325 e. The summed E-state index contributed by atoms with van der Waals surface area (Å²) in [4.78, 5) is 27.0. The number of urea groups is 1. The highest BCUT2D eigenvalue weighted by Gasteiger charge is 2.49. The number of hydrogen-bond donors (Lipinski definition) is 1. The van der Waals surface area contributed by atoms with Crippen molar-refractivity contribution in [3.8, 4) is 0 Å². The highest BCUT2D eigenvalue weighted by atomic mass is 79.9. The maximum atomic E-state index is 13.2. The van der Waals surface area contributed by atoms with E-state index in [1.54, 1.807) is 6.92 Å². The number of amides is 3. The summed E-state index contributed by atoms with van der Waals surface area (Å²) < 4.78 is 0.795. The fourth-order valence-electron chi connectivity index (χ4n) is 3.49. The van der Waals surface area contributed by atoms with Crippen molar-refractivity contribution in [1.29, 1.82) is 0 Å². The molecule has 0 saturated carbocycles. The average molecular weight is 409 g/mol. The minimum Gasteiger partial charge on any atom is -0.319 e. The van der Waals surface area contributed by atoms with Gasteiger partial charge in [0.2, 0.25) is 0 Å². The van der Waals surface area contributed by atoms with Crippen LogP contribution in [0.4, 0.5) is 4.79 Å². The molecule has 1 aliphatic heterocycles. The Morgan fingerprint density at radius 2 is 1.65 bits per heavy atom. The summed E-state index contributed by atoms with van der Waals surface area (Å²) >= 11 is 3.49. The van der Waals surface area contributed by atoms with E-state index >= 15 is 0 Å². The summed E-state index contributed by atoms with van der Waals surface area (Å²) in [6, 6.07) is 21.0. The summed E-state index contributed by atoms with van der Waals surface area (Å²) in [5.41, 5.74) is 0.614. The Balaban J connectivity index is 1.71. The molecule has 5 heteroatoms. The summed E-state index contributed by atoms with van der Waals surface area (Å²) in [7, 11) is 0. The molecule has 1 heterocycles. The minimum absolute atomic E-state index is 0.242. The van der Waals surface area contributed by atoms with Crippen molar-refractivity contribution in [1.82, 2.24) is 10.2 Å². The fraction of sp³-hybridized carbons (Fsp3) is 0.143. The van der Waals surface area contributed by atoms with E-state index in [0.717, 1.165) is 26.4 Å². The first-order valence-electron chi connectivity index (χ1n) is 8.36. The number of halogens is 1. The predicted molar refractivity (Wildman–Crippen MR) is 105 cm³/mol. The summed E-state index contributed by atoms with van der Waals surface area (Å²) in [6.45, 7) is 1.99. The van der Waals surface area contributed by atoms with Gasteiger partial charge >= 0.3 is 6.03 Å². The Labute approximate surface area is 159 Å². The molecule has 1 atom stereocenters. The molecule has 0 aromatic heterocycles. The van der Waals surface area contributed by atoms with Crippen LogP contribution in [0.5, 0.6) is 0 Å². The molecule has 0 spiro atoms. The molecule has 1 fully saturated rings. The molecule has 1 aliphatic rings. The lowest BCUT2D eigenvalue weighted by Gasteiger charge is -2.23. The zero-order valence-corrected chi connectivity index (χ0v) is 15.8. The number of benzene rings is 3. The second-order valence-electron chi connectivity index (χ2n) is 6.56. The van der Waals surface area contributed by atoms with Crippen LogP contribution in [0.25, 0.3) is 10.8 Å². The monoisotopic (exact) mass is 408 g/mol. The van der Waals surface area contributed by atoms with Crippen LogP contribution in [-0.4, -0.2) is 16.8 Å². The summed E-state index contributed by atoms with van der Waals surface area (Å²) in [6.07, 6.45) is 0. The lowest BCUT2D eigenvalue weighted by Crippen LogP contribution is -2.41. The number of carbonyl (C=O) groups excluding carboxylic acids is 2. The van der Waals surface area contributed by atoms with Crippen molar-refractivity contribution >= 4 is 38.6 Å². The van der Waals surface area contributed by atoms with Crippen molar-refractivity contribution in [3.63, 3.8) is 0 Å². The Morgan fingerprint density at radius 3 is 2.46 bits per heavy atom. The molecule has 26 heavy (non-hydrogen) atoms.